The van der Waals surface area contributed by atoms with E-state index in [-0.39, 0.29) is 41.7 Å². The molecule has 0 saturated heterocycles. The number of amides is 4. The maximum atomic E-state index is 13.9. The average molecular weight is 653 g/mol. The van der Waals surface area contributed by atoms with Crippen LogP contribution in [0.3, 0.4) is 0 Å². The summed E-state index contributed by atoms with van der Waals surface area (Å²) in [5.41, 5.74) is 1.90. The van der Waals surface area contributed by atoms with Crippen LogP contribution in [0.4, 0.5) is 4.79 Å². The minimum Gasteiger partial charge on any atom is -0.383 e. The van der Waals surface area contributed by atoms with Crippen LogP contribution in [0, 0.1) is 11.3 Å². The lowest BCUT2D eigenvalue weighted by Crippen LogP contribution is -2.55. The van der Waals surface area contributed by atoms with E-state index >= 15 is 0 Å². The molecule has 1 fully saturated rings. The molecule has 0 aliphatic heterocycles. The first-order chi connectivity index (χ1) is 21.8. The van der Waals surface area contributed by atoms with Crippen molar-refractivity contribution in [2.45, 2.75) is 77.8 Å². The maximum Gasteiger partial charge on any atom is 0.317 e. The minimum absolute atomic E-state index is 0.0794. The summed E-state index contributed by atoms with van der Waals surface area (Å²) >= 11 is 6.78. The number of imidazole rings is 1. The Bertz CT molecular complexity index is 1550. The molecule has 1 aromatic heterocycles. The highest BCUT2D eigenvalue weighted by atomic mass is 35.5. The molecule has 2 aromatic carbocycles. The highest BCUT2D eigenvalue weighted by molar-refractivity contribution is 6.31. The number of methoxy groups -OCH3 is 1. The number of likely N-dealkylation sites (N-methyl/N-ethyl adjacent to an activating group) is 1. The predicted molar refractivity (Wildman–Crippen MR) is 182 cm³/mol. The van der Waals surface area contributed by atoms with E-state index in [9.17, 15) is 14.4 Å². The van der Waals surface area contributed by atoms with E-state index in [0.717, 1.165) is 18.4 Å². The van der Waals surface area contributed by atoms with Crippen molar-refractivity contribution in [3.8, 4) is 0 Å². The van der Waals surface area contributed by atoms with Gasteiger partial charge in [0.1, 0.15) is 11.9 Å². The van der Waals surface area contributed by atoms with Crippen molar-refractivity contribution in [2.24, 2.45) is 11.3 Å². The number of nitrogens with one attached hydrogen (secondary N) is 4. The average Bonchev–Trinajstić information content (AvgIpc) is 3.61. The number of ether oxygens (including phenoxy) is 1. The van der Waals surface area contributed by atoms with Crippen molar-refractivity contribution < 1.29 is 19.1 Å². The standard InChI is InChI=1S/C35H49ClN6O4/c1-9-37-31(43)28(21(3)4)40-32(44)35(6,20-46-8)22-15-16-25-26(19-22)39-30(38-25)29(41-33(45)42(7)10-2)27(34(5)17-18-34)23-13-11-12-14-24(23)36/h11-16,19,21,27-29H,9-10,17-18,20H2,1-8H3,(H,37,43)(H,38,39)(H,40,44)(H,41,45)/t27-,28+,29-,35?/m0/s1. The zero-order valence-corrected chi connectivity index (χ0v) is 29.0. The molecule has 46 heavy (non-hydrogen) atoms. The van der Waals surface area contributed by atoms with Crippen LogP contribution in [0.2, 0.25) is 5.02 Å². The summed E-state index contributed by atoms with van der Waals surface area (Å²) in [5.74, 6) is -0.178. The molecule has 11 heteroatoms. The Kier molecular flexibility index (Phi) is 11.0. The molecule has 4 N–H and O–H groups in total. The number of carbonyl (C=O) groups is 3. The highest BCUT2D eigenvalue weighted by Crippen LogP contribution is 2.60. The van der Waals surface area contributed by atoms with E-state index in [1.807, 2.05) is 77.1 Å². The van der Waals surface area contributed by atoms with Crippen molar-refractivity contribution in [1.29, 1.82) is 0 Å². The lowest BCUT2D eigenvalue weighted by molar-refractivity contribution is -0.134. The Labute approximate surface area is 277 Å². The van der Waals surface area contributed by atoms with Gasteiger partial charge in [0, 0.05) is 38.2 Å². The summed E-state index contributed by atoms with van der Waals surface area (Å²) < 4.78 is 5.55. The third-order valence-electron chi connectivity index (χ3n) is 9.42. The first-order valence-corrected chi connectivity index (χ1v) is 16.5. The highest BCUT2D eigenvalue weighted by Gasteiger charge is 2.51. The lowest BCUT2D eigenvalue weighted by Gasteiger charge is -2.33. The number of H-pyrrole nitrogens is 1. The number of carbonyl (C=O) groups excluding carboxylic acids is 3. The van der Waals surface area contributed by atoms with Crippen molar-refractivity contribution in [3.63, 3.8) is 0 Å². The lowest BCUT2D eigenvalue weighted by atomic mass is 9.78. The van der Waals surface area contributed by atoms with Crippen LogP contribution in [-0.2, 0) is 19.7 Å². The van der Waals surface area contributed by atoms with Crippen LogP contribution >= 0.6 is 11.6 Å². The van der Waals surface area contributed by atoms with Crippen LogP contribution in [-0.4, -0.2) is 72.6 Å². The zero-order chi connectivity index (χ0) is 33.8. The van der Waals surface area contributed by atoms with E-state index in [1.54, 1.807) is 19.1 Å². The Balaban J connectivity index is 1.77. The Morgan fingerprint density at radius 1 is 1.13 bits per heavy atom. The van der Waals surface area contributed by atoms with Crippen molar-refractivity contribution in [1.82, 2.24) is 30.8 Å². The summed E-state index contributed by atoms with van der Waals surface area (Å²) in [6, 6.07) is 12.0. The maximum absolute atomic E-state index is 13.9. The zero-order valence-electron chi connectivity index (χ0n) is 28.3. The predicted octanol–water partition coefficient (Wildman–Crippen LogP) is 5.68. The van der Waals surface area contributed by atoms with Gasteiger partial charge in [-0.2, -0.15) is 0 Å². The number of halogens is 1. The van der Waals surface area contributed by atoms with Crippen LogP contribution < -0.4 is 16.0 Å². The number of fused-ring (bicyclic) bond motifs is 1. The number of nitrogens with zero attached hydrogens (tertiary/aromatic N) is 2. The van der Waals surface area contributed by atoms with Crippen LogP contribution in [0.1, 0.15) is 83.3 Å². The van der Waals surface area contributed by atoms with Gasteiger partial charge in [-0.25, -0.2) is 9.78 Å². The molecule has 10 nitrogen and oxygen atoms in total. The fourth-order valence-electron chi connectivity index (χ4n) is 6.10. The number of aromatic nitrogens is 2. The molecule has 1 aliphatic carbocycles. The molecule has 1 saturated carbocycles. The summed E-state index contributed by atoms with van der Waals surface area (Å²) in [6.07, 6.45) is 2.00. The summed E-state index contributed by atoms with van der Waals surface area (Å²) in [5, 5.41) is 9.71. The molecule has 250 valence electrons. The molecular formula is C35H49ClN6O4. The van der Waals surface area contributed by atoms with Gasteiger partial charge in [0.05, 0.1) is 29.1 Å². The minimum atomic E-state index is -1.10. The number of rotatable bonds is 14. The monoisotopic (exact) mass is 652 g/mol. The number of hydrogen-bond donors (Lipinski definition) is 4. The quantitative estimate of drug-likeness (QED) is 0.178. The fraction of sp³-hybridized carbons (Fsp3) is 0.543. The first-order valence-electron chi connectivity index (χ1n) is 16.1. The number of benzene rings is 2. The van der Waals surface area contributed by atoms with Gasteiger partial charge in [-0.3, -0.25) is 9.59 Å². The normalized spacial score (nSPS) is 17.1. The largest absolute Gasteiger partial charge is 0.383 e. The third kappa shape index (κ3) is 7.33. The summed E-state index contributed by atoms with van der Waals surface area (Å²) in [7, 11) is 3.31. The molecule has 1 heterocycles. The SMILES string of the molecule is CCNC(=O)[C@H](NC(=O)C(C)(COC)c1ccc2nc([C@@H](NC(=O)N(C)CC)[C@H](c3ccccc3Cl)C3(C)CC3)[nH]c2c1)C(C)C. The summed E-state index contributed by atoms with van der Waals surface area (Å²) in [6.45, 7) is 12.7. The Hall–Kier alpha value is -3.63. The van der Waals surface area contributed by atoms with Gasteiger partial charge in [0.2, 0.25) is 11.8 Å². The molecule has 1 aliphatic rings. The van der Waals surface area contributed by atoms with Gasteiger partial charge >= 0.3 is 6.03 Å². The van der Waals surface area contributed by atoms with Crippen LogP contribution in [0.25, 0.3) is 11.0 Å². The number of aromatic amines is 1. The molecule has 4 atom stereocenters. The second-order valence-electron chi connectivity index (χ2n) is 13.3. The van der Waals surface area contributed by atoms with E-state index in [4.69, 9.17) is 21.3 Å². The molecule has 0 bridgehead atoms. The second kappa shape index (κ2) is 14.4. The van der Waals surface area contributed by atoms with E-state index in [2.05, 4.69) is 27.9 Å². The van der Waals surface area contributed by atoms with Crippen molar-refractivity contribution >= 4 is 40.5 Å². The number of hydrogen-bond acceptors (Lipinski definition) is 5. The molecule has 0 radical (unpaired) electrons. The number of urea groups is 1. The molecule has 4 amide bonds. The van der Waals surface area contributed by atoms with E-state index in [0.29, 0.717) is 40.5 Å². The van der Waals surface area contributed by atoms with Gasteiger partial charge in [0.15, 0.2) is 0 Å². The Morgan fingerprint density at radius 3 is 2.41 bits per heavy atom. The van der Waals surface area contributed by atoms with E-state index in [1.165, 1.54) is 0 Å². The van der Waals surface area contributed by atoms with Gasteiger partial charge in [0.25, 0.3) is 0 Å². The molecule has 0 spiro atoms. The van der Waals surface area contributed by atoms with Crippen LogP contribution in [0.15, 0.2) is 42.5 Å². The van der Waals surface area contributed by atoms with Crippen molar-refractivity contribution in [2.75, 3.05) is 33.9 Å². The van der Waals surface area contributed by atoms with Crippen molar-refractivity contribution in [3.05, 3.63) is 64.4 Å². The van der Waals surface area contributed by atoms with Gasteiger partial charge in [-0.15, -0.1) is 0 Å². The Morgan fingerprint density at radius 2 is 1.83 bits per heavy atom. The molecule has 1 unspecified atom stereocenters. The molecular weight excluding hydrogens is 604 g/mol. The molecule has 4 rings (SSSR count). The first kappa shape index (κ1) is 35.2. The van der Waals surface area contributed by atoms with Crippen LogP contribution in [0.5, 0.6) is 0 Å². The summed E-state index contributed by atoms with van der Waals surface area (Å²) in [4.78, 5) is 50.1. The second-order valence-corrected chi connectivity index (χ2v) is 13.7. The van der Waals surface area contributed by atoms with E-state index < -0.39 is 17.5 Å². The fourth-order valence-corrected chi connectivity index (χ4v) is 6.35. The van der Waals surface area contributed by atoms with Gasteiger partial charge < -0.3 is 30.6 Å². The topological polar surface area (TPSA) is 128 Å². The third-order valence-corrected chi connectivity index (χ3v) is 9.76. The molecule has 3 aromatic rings. The smallest absolute Gasteiger partial charge is 0.317 e. The van der Waals surface area contributed by atoms with Gasteiger partial charge in [-0.1, -0.05) is 56.6 Å². The van der Waals surface area contributed by atoms with Gasteiger partial charge in [-0.05, 0) is 74.3 Å².